The smallest absolute Gasteiger partial charge is 0.253 e. The lowest BCUT2D eigenvalue weighted by atomic mass is 10.0. The zero-order valence-electron chi connectivity index (χ0n) is 13.0. The monoisotopic (exact) mass is 313 g/mol. The summed E-state index contributed by atoms with van der Waals surface area (Å²) in [5.41, 5.74) is 3.65. The minimum absolute atomic E-state index is 0.0693. The Balaban J connectivity index is 2.02. The molecule has 5 nitrogen and oxygen atoms in total. The van der Waals surface area contributed by atoms with Gasteiger partial charge in [0, 0.05) is 24.9 Å². The number of phenolic OH excluding ortho intramolecular Hbond substituents is 1. The van der Waals surface area contributed by atoms with E-state index in [9.17, 15) is 9.90 Å². The third-order valence-electron chi connectivity index (χ3n) is 3.86. The minimum atomic E-state index is -0.0751. The van der Waals surface area contributed by atoms with Gasteiger partial charge in [0.05, 0.1) is 13.2 Å². The fourth-order valence-electron chi connectivity index (χ4n) is 2.69. The number of ether oxygens (including phenoxy) is 2. The van der Waals surface area contributed by atoms with E-state index >= 15 is 0 Å². The number of carbonyl (C=O) groups excluding carboxylic acids is 1. The molecule has 1 heterocycles. The number of fused-ring (bicyclic) bond motifs is 1. The Morgan fingerprint density at radius 1 is 1.17 bits per heavy atom. The molecule has 0 spiro atoms. The number of benzene rings is 2. The van der Waals surface area contributed by atoms with E-state index in [1.54, 1.807) is 30.2 Å². The van der Waals surface area contributed by atoms with Gasteiger partial charge in [0.1, 0.15) is 12.4 Å². The highest BCUT2D eigenvalue weighted by atomic mass is 16.5. The predicted octanol–water partition coefficient (Wildman–Crippen LogP) is 2.57. The SMILES string of the molecule is COCCN1C(=O)COCc2ccc(-c3cccc(O)c3)cc21. The van der Waals surface area contributed by atoms with Crippen LogP contribution in [0.25, 0.3) is 11.1 Å². The largest absolute Gasteiger partial charge is 0.508 e. The van der Waals surface area contributed by atoms with Crippen LogP contribution in [-0.2, 0) is 20.9 Å². The van der Waals surface area contributed by atoms with Gasteiger partial charge in [-0.15, -0.1) is 0 Å². The maximum absolute atomic E-state index is 12.3. The Hall–Kier alpha value is -2.37. The molecule has 120 valence electrons. The van der Waals surface area contributed by atoms with Crippen molar-refractivity contribution in [2.24, 2.45) is 0 Å². The maximum atomic E-state index is 12.3. The van der Waals surface area contributed by atoms with Crippen LogP contribution in [0.2, 0.25) is 0 Å². The van der Waals surface area contributed by atoms with Gasteiger partial charge in [0.25, 0.3) is 5.91 Å². The molecule has 0 saturated heterocycles. The number of rotatable bonds is 4. The molecular weight excluding hydrogens is 294 g/mol. The second kappa shape index (κ2) is 6.81. The molecule has 2 aromatic carbocycles. The molecule has 5 heteroatoms. The van der Waals surface area contributed by atoms with Gasteiger partial charge in [-0.1, -0.05) is 24.3 Å². The van der Waals surface area contributed by atoms with Crippen molar-refractivity contribution in [1.29, 1.82) is 0 Å². The standard InChI is InChI=1S/C18H19NO4/c1-22-8-7-19-17-10-14(13-3-2-4-16(20)9-13)5-6-15(17)11-23-12-18(19)21/h2-6,9-10,20H,7-8,11-12H2,1H3. The van der Waals surface area contributed by atoms with Crippen molar-refractivity contribution in [3.05, 3.63) is 48.0 Å². The van der Waals surface area contributed by atoms with Crippen molar-refractivity contribution in [2.75, 3.05) is 31.8 Å². The number of aromatic hydroxyl groups is 1. The molecule has 0 saturated carbocycles. The Morgan fingerprint density at radius 2 is 2.00 bits per heavy atom. The van der Waals surface area contributed by atoms with E-state index in [1.165, 1.54) is 0 Å². The van der Waals surface area contributed by atoms with Gasteiger partial charge in [0.2, 0.25) is 0 Å². The fraction of sp³-hybridized carbons (Fsp3) is 0.278. The second-order valence-electron chi connectivity index (χ2n) is 5.42. The fourth-order valence-corrected chi connectivity index (χ4v) is 2.69. The third kappa shape index (κ3) is 3.36. The molecule has 0 unspecified atom stereocenters. The summed E-state index contributed by atoms with van der Waals surface area (Å²) < 4.78 is 10.5. The van der Waals surface area contributed by atoms with Gasteiger partial charge in [-0.2, -0.15) is 0 Å². The Kier molecular flexibility index (Phi) is 4.60. The van der Waals surface area contributed by atoms with Crippen LogP contribution in [0.5, 0.6) is 5.75 Å². The summed E-state index contributed by atoms with van der Waals surface area (Å²) in [6.45, 7) is 1.42. The van der Waals surface area contributed by atoms with Crippen molar-refractivity contribution >= 4 is 11.6 Å². The highest BCUT2D eigenvalue weighted by Gasteiger charge is 2.23. The molecule has 0 fully saturated rings. The molecule has 3 rings (SSSR count). The molecule has 0 radical (unpaired) electrons. The first-order valence-electron chi connectivity index (χ1n) is 7.48. The van der Waals surface area contributed by atoms with Gasteiger partial charge in [-0.25, -0.2) is 0 Å². The first-order valence-corrected chi connectivity index (χ1v) is 7.48. The lowest BCUT2D eigenvalue weighted by Crippen LogP contribution is -2.35. The van der Waals surface area contributed by atoms with Gasteiger partial charge in [-0.05, 0) is 29.3 Å². The van der Waals surface area contributed by atoms with Crippen LogP contribution in [0, 0.1) is 0 Å². The molecule has 0 aliphatic carbocycles. The molecule has 1 aliphatic rings. The minimum Gasteiger partial charge on any atom is -0.508 e. The van der Waals surface area contributed by atoms with E-state index < -0.39 is 0 Å². The van der Waals surface area contributed by atoms with Crippen LogP contribution >= 0.6 is 0 Å². The number of carbonyl (C=O) groups is 1. The number of hydrogen-bond donors (Lipinski definition) is 1. The highest BCUT2D eigenvalue weighted by Crippen LogP contribution is 2.31. The number of amides is 1. The van der Waals surface area contributed by atoms with Crippen LogP contribution in [0.3, 0.4) is 0 Å². The number of anilines is 1. The molecule has 0 atom stereocenters. The van der Waals surface area contributed by atoms with E-state index in [0.717, 1.165) is 22.4 Å². The van der Waals surface area contributed by atoms with E-state index in [2.05, 4.69) is 0 Å². The van der Waals surface area contributed by atoms with Crippen molar-refractivity contribution in [3.8, 4) is 16.9 Å². The summed E-state index contributed by atoms with van der Waals surface area (Å²) in [6.07, 6.45) is 0. The third-order valence-corrected chi connectivity index (χ3v) is 3.86. The molecule has 1 aliphatic heterocycles. The first kappa shape index (κ1) is 15.5. The van der Waals surface area contributed by atoms with Crippen molar-refractivity contribution < 1.29 is 19.4 Å². The summed E-state index contributed by atoms with van der Waals surface area (Å²) in [5, 5.41) is 9.67. The predicted molar refractivity (Wildman–Crippen MR) is 87.4 cm³/mol. The molecule has 1 amide bonds. The molecular formula is C18H19NO4. The van der Waals surface area contributed by atoms with Crippen LogP contribution in [0.1, 0.15) is 5.56 Å². The molecule has 0 aromatic heterocycles. The van der Waals surface area contributed by atoms with Gasteiger partial charge < -0.3 is 19.5 Å². The lowest BCUT2D eigenvalue weighted by molar-refractivity contribution is -0.123. The topological polar surface area (TPSA) is 59.0 Å². The Morgan fingerprint density at radius 3 is 2.78 bits per heavy atom. The first-order chi connectivity index (χ1) is 11.2. The van der Waals surface area contributed by atoms with E-state index in [-0.39, 0.29) is 18.3 Å². The van der Waals surface area contributed by atoms with Gasteiger partial charge in [-0.3, -0.25) is 4.79 Å². The second-order valence-corrected chi connectivity index (χ2v) is 5.42. The normalized spacial score (nSPS) is 14.5. The number of methoxy groups -OCH3 is 1. The van der Waals surface area contributed by atoms with Gasteiger partial charge >= 0.3 is 0 Å². The maximum Gasteiger partial charge on any atom is 0.253 e. The van der Waals surface area contributed by atoms with Crippen molar-refractivity contribution in [3.63, 3.8) is 0 Å². The van der Waals surface area contributed by atoms with Crippen LogP contribution < -0.4 is 4.90 Å². The van der Waals surface area contributed by atoms with E-state index in [0.29, 0.717) is 19.8 Å². The van der Waals surface area contributed by atoms with Gasteiger partial charge in [0.15, 0.2) is 0 Å². The Bertz CT molecular complexity index is 714. The highest BCUT2D eigenvalue weighted by molar-refractivity contribution is 5.96. The van der Waals surface area contributed by atoms with E-state index in [4.69, 9.17) is 9.47 Å². The van der Waals surface area contributed by atoms with Crippen molar-refractivity contribution in [2.45, 2.75) is 6.61 Å². The summed E-state index contributed by atoms with van der Waals surface area (Å²) in [5.74, 6) is 0.141. The molecule has 0 bridgehead atoms. The average Bonchev–Trinajstić information content (AvgIpc) is 2.71. The molecule has 2 aromatic rings. The summed E-state index contributed by atoms with van der Waals surface area (Å²) in [6, 6.07) is 13.0. The number of hydrogen-bond acceptors (Lipinski definition) is 4. The molecule has 23 heavy (non-hydrogen) atoms. The van der Waals surface area contributed by atoms with Crippen molar-refractivity contribution in [1.82, 2.24) is 0 Å². The van der Waals surface area contributed by atoms with Crippen LogP contribution in [0.15, 0.2) is 42.5 Å². The summed E-state index contributed by atoms with van der Waals surface area (Å²) in [7, 11) is 1.61. The summed E-state index contributed by atoms with van der Waals surface area (Å²) in [4.78, 5) is 14.0. The quantitative estimate of drug-likeness (QED) is 0.942. The Labute approximate surface area is 135 Å². The number of phenols is 1. The lowest BCUT2D eigenvalue weighted by Gasteiger charge is -2.22. The molecule has 1 N–H and O–H groups in total. The summed E-state index contributed by atoms with van der Waals surface area (Å²) >= 11 is 0. The zero-order chi connectivity index (χ0) is 16.2. The van der Waals surface area contributed by atoms with Crippen LogP contribution in [-0.4, -0.2) is 37.9 Å². The average molecular weight is 313 g/mol. The van der Waals surface area contributed by atoms with E-state index in [1.807, 2.05) is 24.3 Å². The van der Waals surface area contributed by atoms with Crippen LogP contribution in [0.4, 0.5) is 5.69 Å². The number of nitrogens with zero attached hydrogens (tertiary/aromatic N) is 1. The zero-order valence-corrected chi connectivity index (χ0v) is 13.0.